The molecule has 2 N–H and O–H groups in total. The van der Waals surface area contributed by atoms with Crippen molar-refractivity contribution >= 4 is 39.5 Å². The second kappa shape index (κ2) is 9.36. The van der Waals surface area contributed by atoms with Crippen LogP contribution in [0.25, 0.3) is 5.57 Å². The lowest BCUT2D eigenvalue weighted by molar-refractivity contribution is -0.170. The first-order valence-electron chi connectivity index (χ1n) is 11.5. The summed E-state index contributed by atoms with van der Waals surface area (Å²) >= 11 is 0. The van der Waals surface area contributed by atoms with Crippen LogP contribution in [0.5, 0.6) is 5.75 Å². The molecular weight excluding hydrogens is 497 g/mol. The number of halogens is 1. The molecule has 2 heterocycles. The molecule has 13 heteroatoms. The number of ether oxygens (including phenoxy) is 3. The number of nitrogens with one attached hydrogen (secondary N) is 2. The number of hydrogen-bond donors (Lipinski definition) is 2. The van der Waals surface area contributed by atoms with Crippen molar-refractivity contribution in [3.8, 4) is 5.75 Å². The monoisotopic (exact) mass is 525 g/mol. The van der Waals surface area contributed by atoms with Crippen molar-refractivity contribution in [1.29, 1.82) is 0 Å². The Balaban J connectivity index is 1.64. The summed E-state index contributed by atoms with van der Waals surface area (Å²) in [5.74, 6) is -3.41. The number of hydrogen-bond acceptors (Lipinski definition) is 9. The zero-order valence-corrected chi connectivity index (χ0v) is 21.1. The highest BCUT2D eigenvalue weighted by atomic mass is 32.2. The van der Waals surface area contributed by atoms with Crippen molar-refractivity contribution in [3.05, 3.63) is 29.6 Å². The van der Waals surface area contributed by atoms with E-state index in [4.69, 9.17) is 14.2 Å². The van der Waals surface area contributed by atoms with Gasteiger partial charge in [-0.15, -0.1) is 0 Å². The summed E-state index contributed by atoms with van der Waals surface area (Å²) in [5, 5.41) is 3.33. The van der Waals surface area contributed by atoms with Gasteiger partial charge in [0.25, 0.3) is 5.91 Å². The topological polar surface area (TPSA) is 140 Å². The van der Waals surface area contributed by atoms with E-state index in [1.165, 1.54) is 19.1 Å². The van der Waals surface area contributed by atoms with Gasteiger partial charge in [-0.1, -0.05) is 26.8 Å². The number of nitrogens with zero attached hydrogens (tertiary/aromatic N) is 1. The third-order valence-electron chi connectivity index (χ3n) is 6.37. The van der Waals surface area contributed by atoms with Crippen LogP contribution < -0.4 is 19.1 Å². The van der Waals surface area contributed by atoms with Gasteiger partial charge >= 0.3 is 22.3 Å². The minimum atomic E-state index is -4.43. The first-order chi connectivity index (χ1) is 16.8. The minimum absolute atomic E-state index is 0.0510. The fourth-order valence-corrected chi connectivity index (χ4v) is 5.17. The quantitative estimate of drug-likeness (QED) is 0.311. The molecule has 1 saturated carbocycles. The predicted octanol–water partition coefficient (Wildman–Crippen LogP) is 2.22. The van der Waals surface area contributed by atoms with E-state index in [0.717, 1.165) is 12.8 Å². The smallest absolute Gasteiger partial charge is 0.425 e. The number of carbonyl (C=O) groups excluding carboxylic acids is 3. The Bertz CT molecular complexity index is 1240. The van der Waals surface area contributed by atoms with Gasteiger partial charge in [-0.2, -0.15) is 8.42 Å². The molecule has 2 fully saturated rings. The molecule has 36 heavy (non-hydrogen) atoms. The average Bonchev–Trinajstić information content (AvgIpc) is 3.21. The van der Waals surface area contributed by atoms with Crippen LogP contribution in [0.3, 0.4) is 0 Å². The maximum atomic E-state index is 15.9. The van der Waals surface area contributed by atoms with Crippen LogP contribution in [0, 0.1) is 17.2 Å². The third-order valence-corrected chi connectivity index (χ3v) is 7.75. The number of amides is 1. The van der Waals surface area contributed by atoms with Gasteiger partial charge in [0.05, 0.1) is 5.92 Å². The van der Waals surface area contributed by atoms with E-state index >= 15 is 4.39 Å². The third kappa shape index (κ3) is 5.16. The summed E-state index contributed by atoms with van der Waals surface area (Å²) in [5.41, 5.74) is 0.208. The fourth-order valence-electron chi connectivity index (χ4n) is 4.01. The van der Waals surface area contributed by atoms with Crippen LogP contribution in [0.15, 0.2) is 18.2 Å². The van der Waals surface area contributed by atoms with Crippen LogP contribution in [0.2, 0.25) is 0 Å². The molecule has 0 aromatic heterocycles. The maximum absolute atomic E-state index is 15.9. The molecule has 1 aromatic carbocycles. The normalized spacial score (nSPS) is 22.6. The molecule has 2 unspecified atom stereocenters. The largest absolute Gasteiger partial charge is 0.517 e. The number of rotatable bonds is 7. The first-order valence-corrected chi connectivity index (χ1v) is 12.9. The molecule has 11 nitrogen and oxygen atoms in total. The molecule has 1 aliphatic carbocycles. The molecule has 4 rings (SSSR count). The summed E-state index contributed by atoms with van der Waals surface area (Å²) in [7, 11) is -4.43. The number of carbonyl (C=O) groups is 3. The lowest BCUT2D eigenvalue weighted by Gasteiger charge is -2.21. The Morgan fingerprint density at radius 2 is 1.89 bits per heavy atom. The Labute approximate surface area is 208 Å². The molecule has 1 amide bonds. The fraction of sp³-hybridized carbons (Fsp3) is 0.522. The van der Waals surface area contributed by atoms with Gasteiger partial charge < -0.3 is 19.5 Å². The molecule has 0 bridgehead atoms. The molecule has 2 aliphatic heterocycles. The van der Waals surface area contributed by atoms with Crippen LogP contribution in [0.4, 0.5) is 14.9 Å². The van der Waals surface area contributed by atoms with E-state index in [2.05, 4.69) is 12.2 Å². The summed E-state index contributed by atoms with van der Waals surface area (Å²) < 4.78 is 58.2. The Hall–Kier alpha value is -3.19. The highest BCUT2D eigenvalue weighted by Gasteiger charge is 2.46. The molecule has 3 aliphatic rings. The van der Waals surface area contributed by atoms with Crippen molar-refractivity contribution in [2.75, 3.05) is 17.4 Å². The van der Waals surface area contributed by atoms with E-state index in [1.807, 2.05) is 6.08 Å². The SMILES string of the molecule is CC(OC(=O)Oc1ccc(C2=CC(C3(C)CC3)NC2)c(F)c1N1CC(=O)NS1(=O)=O)OC(=O)C(C)C. The van der Waals surface area contributed by atoms with Crippen molar-refractivity contribution in [3.63, 3.8) is 0 Å². The molecule has 1 aromatic rings. The number of anilines is 1. The van der Waals surface area contributed by atoms with Gasteiger partial charge in [-0.3, -0.25) is 9.59 Å². The highest BCUT2D eigenvalue weighted by Crippen LogP contribution is 2.50. The van der Waals surface area contributed by atoms with Gasteiger partial charge in [0.1, 0.15) is 12.2 Å². The van der Waals surface area contributed by atoms with E-state index in [1.54, 1.807) is 18.6 Å². The van der Waals surface area contributed by atoms with E-state index in [-0.39, 0.29) is 17.0 Å². The summed E-state index contributed by atoms with van der Waals surface area (Å²) in [6.45, 7) is 6.27. The lowest BCUT2D eigenvalue weighted by atomic mass is 9.97. The highest BCUT2D eigenvalue weighted by molar-refractivity contribution is 7.92. The minimum Gasteiger partial charge on any atom is -0.425 e. The summed E-state index contributed by atoms with van der Waals surface area (Å²) in [4.78, 5) is 35.9. The van der Waals surface area contributed by atoms with Crippen molar-refractivity contribution < 1.29 is 41.4 Å². The molecule has 196 valence electrons. The van der Waals surface area contributed by atoms with Gasteiger partial charge in [-0.25, -0.2) is 18.2 Å². The van der Waals surface area contributed by atoms with Gasteiger partial charge in [0.2, 0.25) is 6.29 Å². The molecule has 2 atom stereocenters. The van der Waals surface area contributed by atoms with Crippen LogP contribution >= 0.6 is 0 Å². The standard InChI is InChI=1S/C23H28FN3O8S/c1-12(2)21(29)33-13(3)34-22(30)35-16-6-5-15(14-9-17(25-10-14)23(4)7-8-23)19(24)20(16)27-11-18(28)26-36(27,31)32/h5-6,9,12-13,17,25H,7-8,10-11H2,1-4H3,(H,26,28). The Morgan fingerprint density at radius 3 is 2.47 bits per heavy atom. The number of benzene rings is 1. The predicted molar refractivity (Wildman–Crippen MR) is 125 cm³/mol. The average molecular weight is 526 g/mol. The summed E-state index contributed by atoms with van der Waals surface area (Å²) in [6.07, 6.45) is 1.33. The zero-order chi connectivity index (χ0) is 26.4. The Kier molecular flexibility index (Phi) is 6.73. The van der Waals surface area contributed by atoms with E-state index < -0.39 is 64.2 Å². The second-order valence-corrected chi connectivity index (χ2v) is 11.2. The maximum Gasteiger partial charge on any atom is 0.517 e. The van der Waals surface area contributed by atoms with Crippen LogP contribution in [-0.4, -0.2) is 51.9 Å². The van der Waals surface area contributed by atoms with Crippen LogP contribution in [-0.2, 0) is 29.3 Å². The van der Waals surface area contributed by atoms with Crippen LogP contribution in [0.1, 0.15) is 46.1 Å². The molecule has 0 radical (unpaired) electrons. The number of esters is 1. The van der Waals surface area contributed by atoms with Gasteiger partial charge in [0, 0.05) is 25.1 Å². The van der Waals surface area contributed by atoms with Crippen molar-refractivity contribution in [2.24, 2.45) is 11.3 Å². The zero-order valence-electron chi connectivity index (χ0n) is 20.3. The van der Waals surface area contributed by atoms with Crippen molar-refractivity contribution in [2.45, 2.75) is 52.9 Å². The van der Waals surface area contributed by atoms with E-state index in [9.17, 15) is 22.8 Å². The second-order valence-electron chi connectivity index (χ2n) is 9.64. The van der Waals surface area contributed by atoms with Gasteiger partial charge in [0.15, 0.2) is 11.6 Å². The summed E-state index contributed by atoms with van der Waals surface area (Å²) in [6, 6.07) is 2.65. The van der Waals surface area contributed by atoms with Gasteiger partial charge in [-0.05, 0) is 36.0 Å². The first kappa shape index (κ1) is 25.9. The molecule has 0 spiro atoms. The lowest BCUT2D eigenvalue weighted by Crippen LogP contribution is -2.31. The molecular formula is C23H28FN3O8S. The Morgan fingerprint density at radius 1 is 1.19 bits per heavy atom. The van der Waals surface area contributed by atoms with E-state index in [0.29, 0.717) is 16.4 Å². The molecule has 1 saturated heterocycles. The van der Waals surface area contributed by atoms with Crippen molar-refractivity contribution in [1.82, 2.24) is 10.0 Å².